The highest BCUT2D eigenvalue weighted by Crippen LogP contribution is 2.39. The zero-order valence-electron chi connectivity index (χ0n) is 15.4. The van der Waals surface area contributed by atoms with E-state index in [1.807, 2.05) is 36.5 Å². The molecule has 0 bridgehead atoms. The molecule has 2 saturated heterocycles. The van der Waals surface area contributed by atoms with Crippen LogP contribution in [-0.4, -0.2) is 39.9 Å². The maximum absolute atomic E-state index is 12.6. The molecule has 2 aliphatic rings. The van der Waals surface area contributed by atoms with Crippen molar-refractivity contribution in [1.29, 1.82) is 0 Å². The molecule has 2 aliphatic heterocycles. The van der Waals surface area contributed by atoms with Gasteiger partial charge in [0, 0.05) is 36.9 Å². The highest BCUT2D eigenvalue weighted by atomic mass is 16.2. The average molecular weight is 358 g/mol. The molecule has 0 saturated carbocycles. The lowest BCUT2D eigenvalue weighted by atomic mass is 9.96. The van der Waals surface area contributed by atoms with Crippen molar-refractivity contribution in [2.75, 3.05) is 13.6 Å². The number of hydrogen-bond donors (Lipinski definition) is 1. The third-order valence-corrected chi connectivity index (χ3v) is 6.02. The maximum atomic E-state index is 12.6. The topological polar surface area (TPSA) is 58.1 Å². The number of para-hydroxylation sites is 1. The van der Waals surface area contributed by atoms with Crippen LogP contribution in [0.4, 0.5) is 0 Å². The van der Waals surface area contributed by atoms with Crippen LogP contribution in [0.2, 0.25) is 0 Å². The van der Waals surface area contributed by atoms with Crippen LogP contribution in [0.5, 0.6) is 0 Å². The van der Waals surface area contributed by atoms with Gasteiger partial charge >= 0.3 is 0 Å². The molecule has 1 amide bonds. The lowest BCUT2D eigenvalue weighted by molar-refractivity contribution is -0.131. The zero-order valence-corrected chi connectivity index (χ0v) is 15.4. The number of likely N-dealkylation sites (N-methyl/N-ethyl adjacent to an activating group) is 1. The molecule has 27 heavy (non-hydrogen) atoms. The van der Waals surface area contributed by atoms with Crippen molar-refractivity contribution >= 4 is 16.8 Å². The Hall–Kier alpha value is -2.79. The molecular formula is C22H22N4O. The number of fused-ring (bicyclic) bond motifs is 1. The lowest BCUT2D eigenvalue weighted by Gasteiger charge is -2.23. The summed E-state index contributed by atoms with van der Waals surface area (Å²) in [6.07, 6.45) is 6.39. The van der Waals surface area contributed by atoms with Crippen LogP contribution < -0.4 is 5.32 Å². The number of nitrogens with zero attached hydrogens (tertiary/aromatic N) is 3. The van der Waals surface area contributed by atoms with E-state index in [0.717, 1.165) is 53.5 Å². The first-order valence-corrected chi connectivity index (χ1v) is 9.50. The average Bonchev–Trinajstić information content (AvgIpc) is 3.27. The third-order valence-electron chi connectivity index (χ3n) is 6.02. The number of carbonyl (C=O) groups excluding carboxylic acids is 1. The van der Waals surface area contributed by atoms with Crippen molar-refractivity contribution in [3.63, 3.8) is 0 Å². The van der Waals surface area contributed by atoms with Crippen LogP contribution in [-0.2, 0) is 4.79 Å². The first-order valence-electron chi connectivity index (χ1n) is 9.50. The number of amides is 1. The Morgan fingerprint density at radius 1 is 1.11 bits per heavy atom. The van der Waals surface area contributed by atoms with Crippen LogP contribution >= 0.6 is 0 Å². The van der Waals surface area contributed by atoms with Gasteiger partial charge < -0.3 is 4.90 Å². The summed E-state index contributed by atoms with van der Waals surface area (Å²) in [5, 5.41) is 4.74. The number of hydrogen-bond acceptors (Lipinski definition) is 4. The first-order chi connectivity index (χ1) is 13.2. The second-order valence-corrected chi connectivity index (χ2v) is 7.64. The zero-order chi connectivity index (χ0) is 18.4. The van der Waals surface area contributed by atoms with Crippen molar-refractivity contribution < 1.29 is 4.79 Å². The predicted octanol–water partition coefficient (Wildman–Crippen LogP) is 3.32. The predicted molar refractivity (Wildman–Crippen MR) is 105 cm³/mol. The molecule has 136 valence electrons. The number of likely N-dealkylation sites (tertiary alicyclic amines) is 1. The van der Waals surface area contributed by atoms with Gasteiger partial charge in [0.25, 0.3) is 0 Å². The van der Waals surface area contributed by atoms with Crippen molar-refractivity contribution in [3.05, 3.63) is 60.6 Å². The van der Waals surface area contributed by atoms with E-state index >= 15 is 0 Å². The van der Waals surface area contributed by atoms with Crippen LogP contribution in [0.15, 0.2) is 54.9 Å². The molecule has 4 heterocycles. The van der Waals surface area contributed by atoms with E-state index in [4.69, 9.17) is 0 Å². The second kappa shape index (κ2) is 6.13. The number of nitrogens with one attached hydrogen (secondary N) is 1. The second-order valence-electron chi connectivity index (χ2n) is 7.64. The summed E-state index contributed by atoms with van der Waals surface area (Å²) < 4.78 is 0. The Labute approximate surface area is 158 Å². The Morgan fingerprint density at radius 2 is 2.00 bits per heavy atom. The molecule has 5 heteroatoms. The smallest absolute Gasteiger partial charge is 0.242 e. The summed E-state index contributed by atoms with van der Waals surface area (Å²) >= 11 is 0. The van der Waals surface area contributed by atoms with E-state index in [1.165, 1.54) is 0 Å². The molecule has 2 atom stereocenters. The summed E-state index contributed by atoms with van der Waals surface area (Å²) in [4.78, 5) is 23.6. The Morgan fingerprint density at radius 3 is 2.85 bits per heavy atom. The lowest BCUT2D eigenvalue weighted by Crippen LogP contribution is -2.47. The van der Waals surface area contributed by atoms with Gasteiger partial charge in [-0.25, -0.2) is 0 Å². The third kappa shape index (κ3) is 2.61. The van der Waals surface area contributed by atoms with Gasteiger partial charge in [0.1, 0.15) is 5.54 Å². The molecule has 3 aromatic rings. The summed E-state index contributed by atoms with van der Waals surface area (Å²) in [5.41, 5.74) is 3.83. The van der Waals surface area contributed by atoms with Crippen molar-refractivity contribution in [3.8, 4) is 11.1 Å². The van der Waals surface area contributed by atoms with E-state index in [9.17, 15) is 4.79 Å². The SMILES string of the molecule is CN1CC[C@@]2(CC[C@H](c3cc(-c4cccc5cccnc45)ccn3)N2)C1=O. The van der Waals surface area contributed by atoms with Crippen LogP contribution in [0, 0.1) is 0 Å². The van der Waals surface area contributed by atoms with E-state index in [0.29, 0.717) is 0 Å². The van der Waals surface area contributed by atoms with E-state index in [2.05, 4.69) is 45.6 Å². The maximum Gasteiger partial charge on any atom is 0.242 e. The number of aromatic nitrogens is 2. The first kappa shape index (κ1) is 16.4. The number of carbonyl (C=O) groups is 1. The molecule has 5 rings (SSSR count). The minimum atomic E-state index is -0.391. The van der Waals surface area contributed by atoms with Crippen LogP contribution in [0.25, 0.3) is 22.0 Å². The molecule has 2 aromatic heterocycles. The van der Waals surface area contributed by atoms with Crippen molar-refractivity contribution in [1.82, 2.24) is 20.2 Å². The molecule has 1 spiro atoms. The quantitative estimate of drug-likeness (QED) is 0.763. The van der Waals surface area contributed by atoms with Crippen molar-refractivity contribution in [2.24, 2.45) is 0 Å². The van der Waals surface area contributed by atoms with Gasteiger partial charge in [0.05, 0.1) is 17.3 Å². The summed E-state index contributed by atoms with van der Waals surface area (Å²) in [6.45, 7) is 0.827. The number of pyridine rings is 2. The Kier molecular flexibility index (Phi) is 3.72. The van der Waals surface area contributed by atoms with Gasteiger partial charge in [-0.15, -0.1) is 0 Å². The molecule has 1 aromatic carbocycles. The van der Waals surface area contributed by atoms with Gasteiger partial charge in [-0.05, 0) is 43.0 Å². The summed E-state index contributed by atoms with van der Waals surface area (Å²) in [7, 11) is 1.89. The minimum Gasteiger partial charge on any atom is -0.344 e. The Balaban J connectivity index is 1.49. The normalized spacial score (nSPS) is 25.0. The highest BCUT2D eigenvalue weighted by Gasteiger charge is 2.50. The van der Waals surface area contributed by atoms with Gasteiger partial charge in [0.15, 0.2) is 0 Å². The number of rotatable bonds is 2. The van der Waals surface area contributed by atoms with Gasteiger partial charge in [-0.2, -0.15) is 0 Å². The molecular weight excluding hydrogens is 336 g/mol. The van der Waals surface area contributed by atoms with Crippen molar-refractivity contribution in [2.45, 2.75) is 30.8 Å². The molecule has 1 N–H and O–H groups in total. The van der Waals surface area contributed by atoms with Gasteiger partial charge in [-0.3, -0.25) is 20.1 Å². The standard InChI is InChI=1S/C22H22N4O/c1-26-13-10-22(21(26)27)9-7-18(25-22)19-14-16(8-12-23-19)17-6-2-4-15-5-3-11-24-20(15)17/h2-6,8,11-12,14,18,25H,7,9-10,13H2,1H3/t18-,22+/m1/s1. The number of benzene rings is 1. The molecule has 2 fully saturated rings. The highest BCUT2D eigenvalue weighted by molar-refractivity contribution is 5.93. The van der Waals surface area contributed by atoms with Gasteiger partial charge in [0.2, 0.25) is 5.91 Å². The fourth-order valence-electron chi connectivity index (χ4n) is 4.53. The Bertz CT molecular complexity index is 1030. The molecule has 0 unspecified atom stereocenters. The van der Waals surface area contributed by atoms with Gasteiger partial charge in [-0.1, -0.05) is 24.3 Å². The van der Waals surface area contributed by atoms with E-state index in [1.54, 1.807) is 0 Å². The molecule has 5 nitrogen and oxygen atoms in total. The van der Waals surface area contributed by atoms with E-state index < -0.39 is 5.54 Å². The fourth-order valence-corrected chi connectivity index (χ4v) is 4.53. The fraction of sp³-hybridized carbons (Fsp3) is 0.318. The largest absolute Gasteiger partial charge is 0.344 e. The van der Waals surface area contributed by atoms with Crippen LogP contribution in [0.3, 0.4) is 0 Å². The summed E-state index contributed by atoms with van der Waals surface area (Å²) in [5.74, 6) is 0.222. The molecule has 0 aliphatic carbocycles. The molecule has 0 radical (unpaired) electrons. The van der Waals surface area contributed by atoms with E-state index in [-0.39, 0.29) is 11.9 Å². The minimum absolute atomic E-state index is 0.114. The monoisotopic (exact) mass is 358 g/mol. The summed E-state index contributed by atoms with van der Waals surface area (Å²) in [6, 6.07) is 14.6. The van der Waals surface area contributed by atoms with Crippen LogP contribution in [0.1, 0.15) is 31.0 Å².